The Balaban J connectivity index is 0.981. The zero-order chi connectivity index (χ0) is 38.5. The van der Waals surface area contributed by atoms with Gasteiger partial charge in [0.2, 0.25) is 5.56 Å². The summed E-state index contributed by atoms with van der Waals surface area (Å²) in [5.74, 6) is 0.815. The number of phenols is 1. The number of carbonyl (C=O) groups is 2. The number of phenolic OH excluding ortho intramolecular Hbond substituents is 1. The van der Waals surface area contributed by atoms with Crippen molar-refractivity contribution in [3.63, 3.8) is 0 Å². The smallest absolute Gasteiger partial charge is 0.408 e. The van der Waals surface area contributed by atoms with Gasteiger partial charge in [-0.3, -0.25) is 14.5 Å². The minimum absolute atomic E-state index is 0.0784. The lowest BCUT2D eigenvalue weighted by Gasteiger charge is -2.50. The van der Waals surface area contributed by atoms with E-state index in [9.17, 15) is 29.7 Å². The summed E-state index contributed by atoms with van der Waals surface area (Å²) in [5, 5.41) is 38.3. The Morgan fingerprint density at radius 3 is 2.47 bits per heavy atom. The number of aromatic nitrogens is 1. The summed E-state index contributed by atoms with van der Waals surface area (Å²) < 4.78 is 11.5. The predicted octanol–water partition coefficient (Wildman–Crippen LogP) is 5.25. The molecule has 0 aliphatic carbocycles. The highest BCUT2D eigenvalue weighted by Gasteiger charge is 2.43. The quantitative estimate of drug-likeness (QED) is 0.0881. The molecule has 3 fully saturated rings. The second-order valence-corrected chi connectivity index (χ2v) is 14.1. The van der Waals surface area contributed by atoms with Gasteiger partial charge in [-0.1, -0.05) is 54.6 Å². The zero-order valence-electron chi connectivity index (χ0n) is 30.5. The van der Waals surface area contributed by atoms with E-state index in [-0.39, 0.29) is 41.9 Å². The molecule has 13 heteroatoms. The molecule has 2 amide bonds. The van der Waals surface area contributed by atoms with Crippen LogP contribution in [0.1, 0.15) is 47.2 Å². The number of methoxy groups -OCH3 is 1. The molecule has 3 aliphatic heterocycles. The fourth-order valence-corrected chi connectivity index (χ4v) is 7.93. The molecule has 286 valence electrons. The zero-order valence-corrected chi connectivity index (χ0v) is 30.5. The van der Waals surface area contributed by atoms with Crippen molar-refractivity contribution in [2.45, 2.75) is 37.6 Å². The van der Waals surface area contributed by atoms with E-state index in [2.05, 4.69) is 20.5 Å². The molecule has 6 N–H and O–H groups in total. The number of benzene rings is 4. The first kappa shape index (κ1) is 37.4. The van der Waals surface area contributed by atoms with Crippen molar-refractivity contribution < 1.29 is 34.4 Å². The largest absolute Gasteiger partial charge is 0.506 e. The number of ether oxygens (including phenoxy) is 2. The molecule has 3 saturated heterocycles. The molecular formula is C42H45N5O8. The lowest BCUT2D eigenvalue weighted by atomic mass is 9.81. The highest BCUT2D eigenvalue weighted by molar-refractivity contribution is 5.92. The maximum Gasteiger partial charge on any atom is 0.408 e. The normalized spacial score (nSPS) is 18.7. The van der Waals surface area contributed by atoms with Gasteiger partial charge in [-0.05, 0) is 78.9 Å². The van der Waals surface area contributed by atoms with Crippen LogP contribution in [0, 0.1) is 5.92 Å². The number of hydrogen-bond acceptors (Lipinski definition) is 9. The predicted molar refractivity (Wildman–Crippen MR) is 208 cm³/mol. The molecule has 55 heavy (non-hydrogen) atoms. The van der Waals surface area contributed by atoms with Gasteiger partial charge in [0.15, 0.2) is 6.61 Å². The number of piperidine rings is 3. The first-order valence-electron chi connectivity index (χ1n) is 18.4. The number of aromatic amines is 1. The van der Waals surface area contributed by atoms with Crippen LogP contribution in [-0.2, 0) is 11.3 Å². The van der Waals surface area contributed by atoms with Crippen LogP contribution in [0.5, 0.6) is 17.2 Å². The molecule has 1 aromatic heterocycles. The van der Waals surface area contributed by atoms with Crippen LogP contribution in [0.25, 0.3) is 10.9 Å². The molecule has 4 heterocycles. The van der Waals surface area contributed by atoms with Gasteiger partial charge in [0.1, 0.15) is 17.2 Å². The van der Waals surface area contributed by atoms with Gasteiger partial charge in [0, 0.05) is 48.4 Å². The summed E-state index contributed by atoms with van der Waals surface area (Å²) in [7, 11) is 1.53. The summed E-state index contributed by atoms with van der Waals surface area (Å²) in [5.41, 5.74) is 3.39. The first-order chi connectivity index (χ1) is 26.7. The second-order valence-electron chi connectivity index (χ2n) is 14.1. The number of aliphatic hydroxyl groups is 1. The third kappa shape index (κ3) is 8.44. The van der Waals surface area contributed by atoms with Crippen molar-refractivity contribution >= 4 is 28.6 Å². The van der Waals surface area contributed by atoms with Crippen LogP contribution in [0.4, 0.5) is 10.5 Å². The van der Waals surface area contributed by atoms with Crippen LogP contribution in [0.15, 0.2) is 102 Å². The minimum Gasteiger partial charge on any atom is -0.506 e. The van der Waals surface area contributed by atoms with Crippen molar-refractivity contribution in [1.82, 2.24) is 20.1 Å². The van der Waals surface area contributed by atoms with Crippen molar-refractivity contribution in [3.8, 4) is 17.2 Å². The number of nitrogens with one attached hydrogen (secondary N) is 3. The van der Waals surface area contributed by atoms with Crippen molar-refractivity contribution in [3.05, 3.63) is 130 Å². The molecule has 4 aromatic carbocycles. The van der Waals surface area contributed by atoms with E-state index < -0.39 is 18.2 Å². The highest BCUT2D eigenvalue weighted by Crippen LogP contribution is 2.39. The van der Waals surface area contributed by atoms with Gasteiger partial charge in [-0.15, -0.1) is 0 Å². The number of carbonyl (C=O) groups excluding carboxylic acids is 1. The number of anilines is 1. The summed E-state index contributed by atoms with van der Waals surface area (Å²) in [6, 6.07) is 27.5. The number of carboxylic acid groups (broad SMARTS) is 1. The van der Waals surface area contributed by atoms with E-state index in [0.29, 0.717) is 47.1 Å². The number of amides is 2. The van der Waals surface area contributed by atoms with E-state index in [0.717, 1.165) is 42.6 Å². The highest BCUT2D eigenvalue weighted by atomic mass is 16.5. The number of H-pyrrole nitrogens is 1. The summed E-state index contributed by atoms with van der Waals surface area (Å²) in [4.78, 5) is 44.4. The lowest BCUT2D eigenvalue weighted by Crippen LogP contribution is -2.59. The van der Waals surface area contributed by atoms with E-state index in [1.165, 1.54) is 19.2 Å². The number of fused-ring (bicyclic) bond motifs is 4. The molecule has 5 aromatic rings. The number of rotatable bonds is 14. The molecule has 8 rings (SSSR count). The molecule has 3 atom stereocenters. The number of aromatic hydroxyl groups is 1. The standard InChI is InChI=1S/C42H45N5O8/c1-54-37-21-30(11-10-29(37)22-43-23-36(49)32-12-14-35(48)40-33(32)13-15-38(50)45-40)44-39(51)25-55-31-9-5-8-28(20-31)41(27-6-3-2-4-7-27)47(42(52)53)34-24-46-18-16-26(34)17-19-46/h2-15,20-21,26,34,36,41,43,48-49H,16-19,22-25H2,1H3,(H,44,51)(H,45,50)(H,52,53)/t34-,36+,41?/m0/s1. The van der Waals surface area contributed by atoms with Gasteiger partial charge in [-0.25, -0.2) is 4.79 Å². The van der Waals surface area contributed by atoms with Gasteiger partial charge < -0.3 is 45.3 Å². The third-order valence-corrected chi connectivity index (χ3v) is 10.6. The van der Waals surface area contributed by atoms with Gasteiger partial charge in [0.05, 0.1) is 30.8 Å². The number of pyridine rings is 1. The summed E-state index contributed by atoms with van der Waals surface area (Å²) in [6.07, 6.45) is 0.0741. The fourth-order valence-electron chi connectivity index (χ4n) is 7.93. The Morgan fingerprint density at radius 1 is 0.964 bits per heavy atom. The molecule has 2 bridgehead atoms. The third-order valence-electron chi connectivity index (χ3n) is 10.6. The van der Waals surface area contributed by atoms with Crippen LogP contribution in [0.3, 0.4) is 0 Å². The molecule has 0 radical (unpaired) electrons. The Kier molecular flexibility index (Phi) is 11.3. The summed E-state index contributed by atoms with van der Waals surface area (Å²) in [6.45, 7) is 2.98. The van der Waals surface area contributed by atoms with Gasteiger partial charge in [-0.2, -0.15) is 0 Å². The topological polar surface area (TPSA) is 177 Å². The van der Waals surface area contributed by atoms with Crippen LogP contribution < -0.4 is 25.7 Å². The average molecular weight is 748 g/mol. The molecule has 13 nitrogen and oxygen atoms in total. The van der Waals surface area contributed by atoms with E-state index in [1.54, 1.807) is 35.2 Å². The van der Waals surface area contributed by atoms with Crippen LogP contribution in [0.2, 0.25) is 0 Å². The number of aliphatic hydroxyl groups excluding tert-OH is 1. The van der Waals surface area contributed by atoms with E-state index in [4.69, 9.17) is 9.47 Å². The number of hydrogen-bond donors (Lipinski definition) is 6. The van der Waals surface area contributed by atoms with Crippen molar-refractivity contribution in [1.29, 1.82) is 0 Å². The molecular weight excluding hydrogens is 702 g/mol. The minimum atomic E-state index is -0.963. The number of nitrogens with zero attached hydrogens (tertiary/aromatic N) is 2. The van der Waals surface area contributed by atoms with Gasteiger partial charge in [0.25, 0.3) is 5.91 Å². The SMILES string of the molecule is COc1cc(NC(=O)COc2cccc(C(c3ccccc3)N(C(=O)O)[C@H]3CN4CCC3CC4)c2)ccc1CNC[C@@H](O)c1ccc(O)c2[nH]c(=O)ccc12. The summed E-state index contributed by atoms with van der Waals surface area (Å²) >= 11 is 0. The van der Waals surface area contributed by atoms with Crippen LogP contribution >= 0.6 is 0 Å². The maximum absolute atomic E-state index is 13.1. The second kappa shape index (κ2) is 16.6. The maximum atomic E-state index is 13.1. The molecule has 3 aliphatic rings. The van der Waals surface area contributed by atoms with E-state index in [1.807, 2.05) is 54.6 Å². The monoisotopic (exact) mass is 747 g/mol. The van der Waals surface area contributed by atoms with E-state index >= 15 is 0 Å². The van der Waals surface area contributed by atoms with Crippen LogP contribution in [-0.4, -0.2) is 88.0 Å². The Hall–Kier alpha value is -5.89. The molecule has 0 spiro atoms. The Bertz CT molecular complexity index is 2200. The lowest BCUT2D eigenvalue weighted by molar-refractivity contribution is -0.118. The molecule has 1 unspecified atom stereocenters. The fraction of sp³-hybridized carbons (Fsp3) is 0.310. The van der Waals surface area contributed by atoms with Crippen molar-refractivity contribution in [2.75, 3.05) is 45.2 Å². The Morgan fingerprint density at radius 2 is 1.75 bits per heavy atom. The molecule has 0 saturated carbocycles. The Labute approximate surface area is 318 Å². The first-order valence-corrected chi connectivity index (χ1v) is 18.4. The van der Waals surface area contributed by atoms with Gasteiger partial charge >= 0.3 is 6.09 Å². The average Bonchev–Trinajstić information content (AvgIpc) is 3.20. The van der Waals surface area contributed by atoms with Crippen molar-refractivity contribution in [2.24, 2.45) is 5.92 Å².